The maximum Gasteiger partial charge on any atom is 0.343 e. The van der Waals surface area contributed by atoms with Crippen LogP contribution in [0, 0.1) is 0 Å². The second kappa shape index (κ2) is 8.85. The Morgan fingerprint density at radius 1 is 0.586 bits per heavy atom. The number of hydrogen-bond donors (Lipinski definition) is 0. The topological polar surface area (TPSA) is 26.3 Å². The Kier molecular flexibility index (Phi) is 5.63. The standard InChI is InChI=1S/C27H20O2/c28-27(29-26-13-7-12-25(20-26)23-10-5-2-6-11-23)24-18-16-22(17-19-24)15-14-21-8-3-1-4-9-21/h1-20H. The van der Waals surface area contributed by atoms with Gasteiger partial charge in [0.15, 0.2) is 0 Å². The summed E-state index contributed by atoms with van der Waals surface area (Å²) in [5.41, 5.74) is 4.77. The van der Waals surface area contributed by atoms with Crippen molar-refractivity contribution in [2.45, 2.75) is 0 Å². The summed E-state index contributed by atoms with van der Waals surface area (Å²) in [5.74, 6) is 0.165. The number of rotatable bonds is 5. The molecule has 0 aromatic heterocycles. The lowest BCUT2D eigenvalue weighted by Gasteiger charge is -2.07. The molecule has 29 heavy (non-hydrogen) atoms. The molecule has 0 atom stereocenters. The average Bonchev–Trinajstić information content (AvgIpc) is 2.79. The van der Waals surface area contributed by atoms with E-state index in [2.05, 4.69) is 0 Å². The van der Waals surface area contributed by atoms with Crippen LogP contribution in [0.15, 0.2) is 109 Å². The Bertz CT molecular complexity index is 1110. The maximum atomic E-state index is 12.5. The van der Waals surface area contributed by atoms with E-state index >= 15 is 0 Å². The number of carbonyl (C=O) groups is 1. The van der Waals surface area contributed by atoms with Gasteiger partial charge >= 0.3 is 5.97 Å². The monoisotopic (exact) mass is 376 g/mol. The number of esters is 1. The van der Waals surface area contributed by atoms with Gasteiger partial charge in [-0.25, -0.2) is 4.79 Å². The Balaban J connectivity index is 1.44. The van der Waals surface area contributed by atoms with Crippen molar-refractivity contribution in [3.8, 4) is 16.9 Å². The van der Waals surface area contributed by atoms with E-state index in [0.717, 1.165) is 22.3 Å². The zero-order valence-electron chi connectivity index (χ0n) is 15.9. The van der Waals surface area contributed by atoms with Gasteiger partial charge in [0, 0.05) is 0 Å². The largest absolute Gasteiger partial charge is 0.423 e. The van der Waals surface area contributed by atoms with Crippen molar-refractivity contribution in [1.29, 1.82) is 0 Å². The average molecular weight is 376 g/mol. The third-order valence-electron chi connectivity index (χ3n) is 4.57. The Morgan fingerprint density at radius 3 is 1.86 bits per heavy atom. The normalized spacial score (nSPS) is 10.8. The molecule has 0 aliphatic rings. The van der Waals surface area contributed by atoms with E-state index in [4.69, 9.17) is 4.74 Å². The van der Waals surface area contributed by atoms with Gasteiger partial charge in [-0.1, -0.05) is 97.1 Å². The van der Waals surface area contributed by atoms with E-state index in [-0.39, 0.29) is 5.97 Å². The van der Waals surface area contributed by atoms with Gasteiger partial charge in [0.1, 0.15) is 5.75 Å². The number of ether oxygens (including phenoxy) is 1. The van der Waals surface area contributed by atoms with Crippen molar-refractivity contribution < 1.29 is 9.53 Å². The fourth-order valence-electron chi connectivity index (χ4n) is 3.02. The molecule has 0 radical (unpaired) electrons. The third-order valence-corrected chi connectivity index (χ3v) is 4.57. The Morgan fingerprint density at radius 2 is 1.17 bits per heavy atom. The van der Waals surface area contributed by atoms with Gasteiger partial charge < -0.3 is 4.74 Å². The van der Waals surface area contributed by atoms with Crippen LogP contribution in [0.25, 0.3) is 23.3 Å². The minimum absolute atomic E-state index is 0.367. The van der Waals surface area contributed by atoms with Crippen molar-refractivity contribution >= 4 is 18.1 Å². The summed E-state index contributed by atoms with van der Waals surface area (Å²) in [6.07, 6.45) is 4.07. The molecule has 0 bridgehead atoms. The molecule has 4 rings (SSSR count). The maximum absolute atomic E-state index is 12.5. The molecule has 140 valence electrons. The first-order valence-corrected chi connectivity index (χ1v) is 9.49. The van der Waals surface area contributed by atoms with E-state index < -0.39 is 0 Å². The van der Waals surface area contributed by atoms with Crippen LogP contribution in [-0.2, 0) is 0 Å². The van der Waals surface area contributed by atoms with Crippen LogP contribution < -0.4 is 4.74 Å². The molecule has 2 nitrogen and oxygen atoms in total. The first-order chi connectivity index (χ1) is 14.3. The second-order valence-corrected chi connectivity index (χ2v) is 6.65. The van der Waals surface area contributed by atoms with Crippen LogP contribution in [-0.4, -0.2) is 5.97 Å². The second-order valence-electron chi connectivity index (χ2n) is 6.65. The number of benzene rings is 4. The molecule has 4 aromatic rings. The van der Waals surface area contributed by atoms with E-state index in [1.807, 2.05) is 103 Å². The fourth-order valence-corrected chi connectivity index (χ4v) is 3.02. The highest BCUT2D eigenvalue weighted by Gasteiger charge is 2.09. The highest BCUT2D eigenvalue weighted by Crippen LogP contribution is 2.24. The van der Waals surface area contributed by atoms with Crippen molar-refractivity contribution in [2.24, 2.45) is 0 Å². The lowest BCUT2D eigenvalue weighted by atomic mass is 10.1. The first kappa shape index (κ1) is 18.5. The molecule has 0 amide bonds. The zero-order valence-corrected chi connectivity index (χ0v) is 15.9. The number of hydrogen-bond acceptors (Lipinski definition) is 2. The minimum Gasteiger partial charge on any atom is -0.423 e. The molecule has 0 spiro atoms. The smallest absolute Gasteiger partial charge is 0.343 e. The van der Waals surface area contributed by atoms with Crippen LogP contribution in [0.5, 0.6) is 5.75 Å². The third kappa shape index (κ3) is 4.88. The molecule has 0 fully saturated rings. The zero-order chi connectivity index (χ0) is 19.9. The minimum atomic E-state index is -0.367. The highest BCUT2D eigenvalue weighted by molar-refractivity contribution is 5.91. The van der Waals surface area contributed by atoms with Crippen LogP contribution in [0.2, 0.25) is 0 Å². The van der Waals surface area contributed by atoms with Crippen molar-refractivity contribution in [2.75, 3.05) is 0 Å². The van der Waals surface area contributed by atoms with E-state index in [1.54, 1.807) is 18.2 Å². The summed E-state index contributed by atoms with van der Waals surface area (Å²) in [6.45, 7) is 0. The quantitative estimate of drug-likeness (QED) is 0.219. The van der Waals surface area contributed by atoms with Gasteiger partial charge in [0.05, 0.1) is 5.56 Å². The molecule has 2 heteroatoms. The molecule has 0 heterocycles. The van der Waals surface area contributed by atoms with Gasteiger partial charge in [-0.05, 0) is 46.5 Å². The first-order valence-electron chi connectivity index (χ1n) is 9.49. The molecule has 0 saturated heterocycles. The lowest BCUT2D eigenvalue weighted by Crippen LogP contribution is -2.08. The molecule has 0 aliphatic heterocycles. The Labute approximate surface area is 170 Å². The lowest BCUT2D eigenvalue weighted by molar-refractivity contribution is 0.0735. The van der Waals surface area contributed by atoms with Crippen LogP contribution in [0.3, 0.4) is 0 Å². The molecular weight excluding hydrogens is 356 g/mol. The molecule has 4 aromatic carbocycles. The van der Waals surface area contributed by atoms with E-state index in [9.17, 15) is 4.79 Å². The van der Waals surface area contributed by atoms with Gasteiger partial charge in [0.25, 0.3) is 0 Å². The van der Waals surface area contributed by atoms with E-state index in [0.29, 0.717) is 11.3 Å². The summed E-state index contributed by atoms with van der Waals surface area (Å²) in [7, 11) is 0. The molecule has 0 saturated carbocycles. The molecule has 0 N–H and O–H groups in total. The predicted octanol–water partition coefficient (Wildman–Crippen LogP) is 6.74. The highest BCUT2D eigenvalue weighted by atomic mass is 16.5. The summed E-state index contributed by atoms with van der Waals surface area (Å²) in [5, 5.41) is 0. The fraction of sp³-hybridized carbons (Fsp3) is 0. The summed E-state index contributed by atoms with van der Waals surface area (Å²) in [6, 6.07) is 35.1. The SMILES string of the molecule is O=C(Oc1cccc(-c2ccccc2)c1)c1ccc(C=Cc2ccccc2)cc1. The summed E-state index contributed by atoms with van der Waals surface area (Å²) < 4.78 is 5.57. The van der Waals surface area contributed by atoms with Crippen LogP contribution in [0.1, 0.15) is 21.5 Å². The van der Waals surface area contributed by atoms with Crippen molar-refractivity contribution in [1.82, 2.24) is 0 Å². The summed E-state index contributed by atoms with van der Waals surface area (Å²) in [4.78, 5) is 12.5. The number of carbonyl (C=O) groups excluding carboxylic acids is 1. The van der Waals surface area contributed by atoms with Crippen LogP contribution >= 0.6 is 0 Å². The summed E-state index contributed by atoms with van der Waals surface area (Å²) >= 11 is 0. The van der Waals surface area contributed by atoms with Crippen molar-refractivity contribution in [3.05, 3.63) is 126 Å². The Hall–Kier alpha value is -3.91. The van der Waals surface area contributed by atoms with Gasteiger partial charge in [0.2, 0.25) is 0 Å². The van der Waals surface area contributed by atoms with Crippen LogP contribution in [0.4, 0.5) is 0 Å². The predicted molar refractivity (Wildman–Crippen MR) is 119 cm³/mol. The van der Waals surface area contributed by atoms with Gasteiger partial charge in [-0.3, -0.25) is 0 Å². The van der Waals surface area contributed by atoms with Crippen molar-refractivity contribution in [3.63, 3.8) is 0 Å². The molecule has 0 aliphatic carbocycles. The van der Waals surface area contributed by atoms with Gasteiger partial charge in [-0.15, -0.1) is 0 Å². The van der Waals surface area contributed by atoms with Gasteiger partial charge in [-0.2, -0.15) is 0 Å². The van der Waals surface area contributed by atoms with E-state index in [1.165, 1.54) is 0 Å². The molecule has 0 unspecified atom stereocenters. The molecular formula is C27H20O2.